The number of hydrogen-bond donors (Lipinski definition) is 3. The van der Waals surface area contributed by atoms with Crippen molar-refractivity contribution >= 4 is 33.3 Å². The van der Waals surface area contributed by atoms with Crippen LogP contribution >= 0.6 is 11.3 Å². The van der Waals surface area contributed by atoms with Crippen molar-refractivity contribution in [3.05, 3.63) is 11.4 Å². The lowest BCUT2D eigenvalue weighted by atomic mass is 10.1. The second-order valence-corrected chi connectivity index (χ2v) is 5.90. The predicted molar refractivity (Wildman–Crippen MR) is 81.9 cm³/mol. The fourth-order valence-electron chi connectivity index (χ4n) is 2.86. The summed E-state index contributed by atoms with van der Waals surface area (Å²) in [5.74, 6) is 6.89. The van der Waals surface area contributed by atoms with E-state index in [1.807, 2.05) is 5.38 Å². The van der Waals surface area contributed by atoms with Crippen molar-refractivity contribution in [3.63, 3.8) is 0 Å². The molecular formula is C13H19N5OS. The van der Waals surface area contributed by atoms with Crippen LogP contribution in [0.5, 0.6) is 0 Å². The molecule has 3 heterocycles. The van der Waals surface area contributed by atoms with Crippen LogP contribution in [0.4, 0.5) is 11.8 Å². The second-order valence-electron chi connectivity index (χ2n) is 5.01. The Bertz CT molecular complexity index is 587. The van der Waals surface area contributed by atoms with Gasteiger partial charge in [-0.2, -0.15) is 4.98 Å². The van der Waals surface area contributed by atoms with Gasteiger partial charge >= 0.3 is 0 Å². The second kappa shape index (κ2) is 5.90. The summed E-state index contributed by atoms with van der Waals surface area (Å²) in [6.07, 6.45) is 4.15. The lowest BCUT2D eigenvalue weighted by Crippen LogP contribution is -2.30. The van der Waals surface area contributed by atoms with Gasteiger partial charge in [-0.25, -0.2) is 10.8 Å². The van der Waals surface area contributed by atoms with Gasteiger partial charge in [0.05, 0.1) is 5.39 Å². The summed E-state index contributed by atoms with van der Waals surface area (Å²) in [5, 5.41) is 12.2. The summed E-state index contributed by atoms with van der Waals surface area (Å²) in [5.41, 5.74) is 2.55. The third kappa shape index (κ3) is 2.44. The van der Waals surface area contributed by atoms with Crippen molar-refractivity contribution in [3.8, 4) is 0 Å². The van der Waals surface area contributed by atoms with Gasteiger partial charge < -0.3 is 10.0 Å². The average molecular weight is 293 g/mol. The van der Waals surface area contributed by atoms with Crippen molar-refractivity contribution < 1.29 is 5.11 Å². The zero-order valence-electron chi connectivity index (χ0n) is 11.2. The van der Waals surface area contributed by atoms with Crippen molar-refractivity contribution in [2.24, 2.45) is 5.84 Å². The van der Waals surface area contributed by atoms with Crippen LogP contribution in [0.1, 0.15) is 25.7 Å². The molecule has 1 aliphatic rings. The molecule has 2 aromatic rings. The number of aliphatic hydroxyl groups is 1. The number of nitrogens with two attached hydrogens (primary N) is 1. The van der Waals surface area contributed by atoms with Gasteiger partial charge in [0.15, 0.2) is 0 Å². The van der Waals surface area contributed by atoms with E-state index in [1.165, 1.54) is 0 Å². The van der Waals surface area contributed by atoms with Gasteiger partial charge in [-0.15, -0.1) is 11.3 Å². The quantitative estimate of drug-likeness (QED) is 0.575. The number of hydrogen-bond acceptors (Lipinski definition) is 7. The maximum Gasteiger partial charge on any atom is 0.240 e. The molecular weight excluding hydrogens is 274 g/mol. The molecule has 6 nitrogen and oxygen atoms in total. The highest BCUT2D eigenvalue weighted by molar-refractivity contribution is 7.16. The largest absolute Gasteiger partial charge is 0.396 e. The van der Waals surface area contributed by atoms with E-state index in [4.69, 9.17) is 10.9 Å². The smallest absolute Gasteiger partial charge is 0.240 e. The Morgan fingerprint density at radius 2 is 2.40 bits per heavy atom. The molecule has 1 aliphatic heterocycles. The first-order chi connectivity index (χ1) is 9.83. The summed E-state index contributed by atoms with van der Waals surface area (Å²) in [6.45, 7) is 1.25. The Morgan fingerprint density at radius 1 is 1.50 bits per heavy atom. The Labute approximate surface area is 121 Å². The number of nitrogens with one attached hydrogen (secondary N) is 1. The summed E-state index contributed by atoms with van der Waals surface area (Å²) in [4.78, 5) is 12.2. The maximum absolute atomic E-state index is 9.04. The Morgan fingerprint density at radius 3 is 3.20 bits per heavy atom. The molecule has 4 N–H and O–H groups in total. The van der Waals surface area contributed by atoms with Crippen LogP contribution in [0, 0.1) is 0 Å². The van der Waals surface area contributed by atoms with Crippen LogP contribution in [0.25, 0.3) is 10.2 Å². The third-order valence-electron chi connectivity index (χ3n) is 3.78. The molecule has 0 saturated carbocycles. The molecule has 0 aliphatic carbocycles. The number of fused-ring (bicyclic) bond motifs is 1. The summed E-state index contributed by atoms with van der Waals surface area (Å²) in [6, 6.07) is 2.52. The fraction of sp³-hybridized carbons (Fsp3) is 0.538. The monoisotopic (exact) mass is 293 g/mol. The summed E-state index contributed by atoms with van der Waals surface area (Å²) >= 11 is 1.60. The predicted octanol–water partition coefficient (Wildman–Crippen LogP) is 1.72. The van der Waals surface area contributed by atoms with E-state index < -0.39 is 0 Å². The van der Waals surface area contributed by atoms with E-state index in [9.17, 15) is 0 Å². The van der Waals surface area contributed by atoms with Gasteiger partial charge in [0.2, 0.25) is 5.95 Å². The van der Waals surface area contributed by atoms with Gasteiger partial charge in [0.1, 0.15) is 10.6 Å². The SMILES string of the molecule is NNc1nc(N2CCCC2CCCO)c2ccsc2n1. The van der Waals surface area contributed by atoms with Crippen LogP contribution < -0.4 is 16.2 Å². The highest BCUT2D eigenvalue weighted by Gasteiger charge is 2.27. The minimum atomic E-state index is 0.248. The topological polar surface area (TPSA) is 87.3 Å². The van der Waals surface area contributed by atoms with Gasteiger partial charge in [0, 0.05) is 19.2 Å². The molecule has 3 rings (SSSR count). The van der Waals surface area contributed by atoms with E-state index in [1.54, 1.807) is 11.3 Å². The highest BCUT2D eigenvalue weighted by Crippen LogP contribution is 2.34. The molecule has 108 valence electrons. The van der Waals surface area contributed by atoms with Gasteiger partial charge in [-0.3, -0.25) is 5.43 Å². The Kier molecular flexibility index (Phi) is 4.00. The van der Waals surface area contributed by atoms with E-state index in [0.29, 0.717) is 12.0 Å². The van der Waals surface area contributed by atoms with Crippen LogP contribution in [-0.2, 0) is 0 Å². The molecule has 7 heteroatoms. The molecule has 1 saturated heterocycles. The van der Waals surface area contributed by atoms with Crippen LogP contribution in [0.15, 0.2) is 11.4 Å². The fourth-order valence-corrected chi connectivity index (χ4v) is 3.62. The number of anilines is 2. The molecule has 2 aromatic heterocycles. The van der Waals surface area contributed by atoms with Crippen molar-refractivity contribution in [1.29, 1.82) is 0 Å². The number of aliphatic hydroxyl groups excluding tert-OH is 1. The first-order valence-electron chi connectivity index (χ1n) is 6.93. The van der Waals surface area contributed by atoms with Crippen LogP contribution in [0.3, 0.4) is 0 Å². The van der Waals surface area contributed by atoms with E-state index in [0.717, 1.165) is 48.3 Å². The molecule has 0 bridgehead atoms. The number of nitrogens with zero attached hydrogens (tertiary/aromatic N) is 3. The van der Waals surface area contributed by atoms with Crippen molar-refractivity contribution in [1.82, 2.24) is 9.97 Å². The maximum atomic E-state index is 9.04. The van der Waals surface area contributed by atoms with Gasteiger partial charge in [-0.05, 0) is 37.1 Å². The average Bonchev–Trinajstić information content (AvgIpc) is 3.12. The zero-order valence-corrected chi connectivity index (χ0v) is 12.1. The van der Waals surface area contributed by atoms with Crippen molar-refractivity contribution in [2.45, 2.75) is 31.7 Å². The number of nitrogen functional groups attached to an aromatic ring is 1. The normalized spacial score (nSPS) is 18.9. The van der Waals surface area contributed by atoms with E-state index >= 15 is 0 Å². The lowest BCUT2D eigenvalue weighted by molar-refractivity contribution is 0.279. The molecule has 1 fully saturated rings. The third-order valence-corrected chi connectivity index (χ3v) is 4.59. The van der Waals surface area contributed by atoms with Gasteiger partial charge in [0.25, 0.3) is 0 Å². The summed E-state index contributed by atoms with van der Waals surface area (Å²) < 4.78 is 0. The minimum absolute atomic E-state index is 0.248. The molecule has 0 amide bonds. The molecule has 20 heavy (non-hydrogen) atoms. The standard InChI is InChI=1S/C13H19N5OS/c14-17-13-15-11(10-5-8-20-12(10)16-13)18-6-1-3-9(18)4-2-7-19/h5,8-9,19H,1-4,6-7,14H2,(H,15,16,17). The first-order valence-corrected chi connectivity index (χ1v) is 7.81. The minimum Gasteiger partial charge on any atom is -0.396 e. The molecule has 0 radical (unpaired) electrons. The number of thiophene rings is 1. The molecule has 1 atom stereocenters. The number of hydrazine groups is 1. The van der Waals surface area contributed by atoms with Crippen LogP contribution in [-0.4, -0.2) is 34.3 Å². The lowest BCUT2D eigenvalue weighted by Gasteiger charge is -2.26. The van der Waals surface area contributed by atoms with Gasteiger partial charge in [-0.1, -0.05) is 0 Å². The van der Waals surface area contributed by atoms with Crippen molar-refractivity contribution in [2.75, 3.05) is 23.5 Å². The molecule has 1 unspecified atom stereocenters. The molecule has 0 aromatic carbocycles. The Hall–Kier alpha value is -1.44. The summed E-state index contributed by atoms with van der Waals surface area (Å²) in [7, 11) is 0. The number of rotatable bonds is 5. The Balaban J connectivity index is 1.97. The van der Waals surface area contributed by atoms with Crippen LogP contribution in [0.2, 0.25) is 0 Å². The van der Waals surface area contributed by atoms with E-state index in [2.05, 4.69) is 26.4 Å². The zero-order chi connectivity index (χ0) is 13.9. The highest BCUT2D eigenvalue weighted by atomic mass is 32.1. The molecule has 0 spiro atoms. The van der Waals surface area contributed by atoms with E-state index in [-0.39, 0.29) is 6.61 Å². The first kappa shape index (κ1) is 13.5. The number of aromatic nitrogens is 2.